The number of hydrogen-bond acceptors (Lipinski definition) is 8. The second kappa shape index (κ2) is 12.1. The van der Waals surface area contributed by atoms with Gasteiger partial charge in [0.15, 0.2) is 5.71 Å². The molecule has 0 unspecified atom stereocenters. The third kappa shape index (κ3) is 6.69. The number of rotatable bonds is 11. The number of alkyl halides is 3. The van der Waals surface area contributed by atoms with Gasteiger partial charge in [-0.1, -0.05) is 72.9 Å². The molecule has 3 rings (SSSR count). The number of ether oxygens (including phenoxy) is 1. The van der Waals surface area contributed by atoms with E-state index >= 15 is 0 Å². The minimum Gasteiger partial charge on any atom is -0.462 e. The number of nitrogens with zero attached hydrogens (tertiary/aromatic N) is 1. The maximum Gasteiger partial charge on any atom is 0.536 e. The zero-order valence-electron chi connectivity index (χ0n) is 19.6. The first-order valence-electron chi connectivity index (χ1n) is 10.8. The number of Topliss-reactive ketones (excluding diaryl/α,β-unsaturated/α-hetero) is 1. The van der Waals surface area contributed by atoms with E-state index in [2.05, 4.69) is 22.6 Å². The smallest absolute Gasteiger partial charge is 0.462 e. The van der Waals surface area contributed by atoms with Gasteiger partial charge in [-0.05, 0) is 28.5 Å². The summed E-state index contributed by atoms with van der Waals surface area (Å²) >= 11 is 1.36. The lowest BCUT2D eigenvalue weighted by atomic mass is 9.95. The summed E-state index contributed by atoms with van der Waals surface area (Å²) in [5.41, 5.74) is -5.64. The highest BCUT2D eigenvalue weighted by atomic mass is 32.2. The molecule has 0 radical (unpaired) electrons. The number of halogens is 3. The van der Waals surface area contributed by atoms with Gasteiger partial charge in [0.1, 0.15) is 6.61 Å². The standard InChI is InChI=1S/C26H20F3NO6S2/c1-3-17-9-11-18(12-10-17)24(30-36-38(33,34)26(27,28)29)25(32)21-13-14-22(20-8-6-5-7-19(20)21)37-16-15-35-23(31)4-2/h3-14H,1-2,15-16H2/b30-24+. The van der Waals surface area contributed by atoms with Gasteiger partial charge < -0.3 is 4.74 Å². The molecule has 3 aromatic carbocycles. The summed E-state index contributed by atoms with van der Waals surface area (Å²) in [7, 11) is -6.10. The quantitative estimate of drug-likeness (QED) is 0.0428. The predicted octanol–water partition coefficient (Wildman–Crippen LogP) is 5.76. The molecule has 0 atom stereocenters. The second-order valence-corrected chi connectivity index (χ2v) is 10.1. The van der Waals surface area contributed by atoms with E-state index in [4.69, 9.17) is 4.74 Å². The zero-order chi connectivity index (χ0) is 27.9. The van der Waals surface area contributed by atoms with Crippen LogP contribution in [0.3, 0.4) is 0 Å². The highest BCUT2D eigenvalue weighted by Gasteiger charge is 2.49. The normalized spacial score (nSPS) is 12.1. The summed E-state index contributed by atoms with van der Waals surface area (Å²) in [5.74, 6) is -1.01. The number of esters is 1. The van der Waals surface area contributed by atoms with Crippen LogP contribution in [0.4, 0.5) is 13.2 Å². The summed E-state index contributed by atoms with van der Waals surface area (Å²) in [6.07, 6.45) is 2.56. The van der Waals surface area contributed by atoms with Crippen LogP contribution in [0.5, 0.6) is 0 Å². The van der Waals surface area contributed by atoms with Crippen LogP contribution in [0.25, 0.3) is 16.8 Å². The first-order valence-corrected chi connectivity index (χ1v) is 13.2. The Bertz CT molecular complexity index is 1510. The lowest BCUT2D eigenvalue weighted by Crippen LogP contribution is -2.25. The molecule has 0 saturated heterocycles. The first-order chi connectivity index (χ1) is 18.0. The van der Waals surface area contributed by atoms with E-state index in [1.807, 2.05) is 0 Å². The van der Waals surface area contributed by atoms with Crippen LogP contribution in [0.15, 0.2) is 89.9 Å². The highest BCUT2D eigenvalue weighted by Crippen LogP contribution is 2.31. The Morgan fingerprint density at radius 3 is 2.24 bits per heavy atom. The Morgan fingerprint density at radius 1 is 0.974 bits per heavy atom. The van der Waals surface area contributed by atoms with E-state index in [1.54, 1.807) is 30.3 Å². The van der Waals surface area contributed by atoms with Gasteiger partial charge in [0.25, 0.3) is 0 Å². The Balaban J connectivity index is 2.03. The van der Waals surface area contributed by atoms with Crippen LogP contribution in [0.1, 0.15) is 21.5 Å². The Hall–Kier alpha value is -3.90. The van der Waals surface area contributed by atoms with E-state index in [0.29, 0.717) is 22.1 Å². The Kier molecular flexibility index (Phi) is 9.13. The topological polar surface area (TPSA) is 99.1 Å². The molecule has 38 heavy (non-hydrogen) atoms. The summed E-state index contributed by atoms with van der Waals surface area (Å²) in [4.78, 5) is 25.6. The third-order valence-electron chi connectivity index (χ3n) is 5.03. The van der Waals surface area contributed by atoms with Gasteiger partial charge in [-0.15, -0.1) is 11.8 Å². The monoisotopic (exact) mass is 563 g/mol. The lowest BCUT2D eigenvalue weighted by Gasteiger charge is -2.12. The van der Waals surface area contributed by atoms with Crippen LogP contribution >= 0.6 is 11.8 Å². The molecule has 0 bridgehead atoms. The van der Waals surface area contributed by atoms with E-state index in [9.17, 15) is 31.2 Å². The average Bonchev–Trinajstić information content (AvgIpc) is 2.90. The van der Waals surface area contributed by atoms with Gasteiger partial charge in [0, 0.05) is 27.9 Å². The maximum absolute atomic E-state index is 13.6. The van der Waals surface area contributed by atoms with Crippen molar-refractivity contribution in [2.75, 3.05) is 12.4 Å². The number of fused-ring (bicyclic) bond motifs is 1. The van der Waals surface area contributed by atoms with Crippen molar-refractivity contribution in [1.29, 1.82) is 0 Å². The molecular weight excluding hydrogens is 543 g/mol. The molecule has 0 N–H and O–H groups in total. The van der Waals surface area contributed by atoms with E-state index < -0.39 is 33.1 Å². The fourth-order valence-corrected chi connectivity index (χ4v) is 4.35. The molecular formula is C26H20F3NO6S2. The number of carbonyl (C=O) groups excluding carboxylic acids is 2. The van der Waals surface area contributed by atoms with Crippen LogP contribution in [-0.4, -0.2) is 43.8 Å². The van der Waals surface area contributed by atoms with E-state index in [-0.39, 0.29) is 17.7 Å². The van der Waals surface area contributed by atoms with Crippen molar-refractivity contribution in [1.82, 2.24) is 0 Å². The zero-order valence-corrected chi connectivity index (χ0v) is 21.2. The molecule has 0 aromatic heterocycles. The van der Waals surface area contributed by atoms with Crippen molar-refractivity contribution < 1.29 is 40.2 Å². The molecule has 0 aliphatic carbocycles. The summed E-state index contributed by atoms with van der Waals surface area (Å²) in [6.45, 7) is 7.05. The van der Waals surface area contributed by atoms with E-state index in [0.717, 1.165) is 11.0 Å². The predicted molar refractivity (Wildman–Crippen MR) is 139 cm³/mol. The van der Waals surface area contributed by atoms with Crippen LogP contribution in [0, 0.1) is 0 Å². The van der Waals surface area contributed by atoms with Gasteiger partial charge in [0.05, 0.1) is 0 Å². The van der Waals surface area contributed by atoms with Crippen molar-refractivity contribution in [2.45, 2.75) is 10.4 Å². The number of ketones is 1. The van der Waals surface area contributed by atoms with Crippen molar-refractivity contribution in [3.63, 3.8) is 0 Å². The van der Waals surface area contributed by atoms with Crippen LogP contribution in [0.2, 0.25) is 0 Å². The number of hydrogen-bond donors (Lipinski definition) is 0. The van der Waals surface area contributed by atoms with Crippen molar-refractivity contribution in [3.8, 4) is 0 Å². The van der Waals surface area contributed by atoms with Gasteiger partial charge in [-0.3, -0.25) is 9.08 Å². The first kappa shape index (κ1) is 28.7. The number of carbonyl (C=O) groups is 2. The fraction of sp³-hybridized carbons (Fsp3) is 0.115. The lowest BCUT2D eigenvalue weighted by molar-refractivity contribution is -0.137. The largest absolute Gasteiger partial charge is 0.536 e. The van der Waals surface area contributed by atoms with Gasteiger partial charge >= 0.3 is 21.6 Å². The van der Waals surface area contributed by atoms with E-state index in [1.165, 1.54) is 48.2 Å². The number of benzene rings is 3. The molecule has 0 aliphatic heterocycles. The SMILES string of the molecule is C=CC(=O)OCCSc1ccc(C(=O)/C(=N/OS(=O)(=O)C(F)(F)F)c2ccc(C=C)cc2)c2ccccc12. The molecule has 198 valence electrons. The molecule has 7 nitrogen and oxygen atoms in total. The second-order valence-electron chi connectivity index (χ2n) is 7.45. The van der Waals surface area contributed by atoms with Crippen molar-refractivity contribution in [2.24, 2.45) is 5.16 Å². The van der Waals surface area contributed by atoms with Gasteiger partial charge in [0.2, 0.25) is 5.78 Å². The maximum atomic E-state index is 13.6. The summed E-state index contributed by atoms with van der Waals surface area (Å²) in [5, 5.41) is 4.24. The number of oxime groups is 1. The minimum absolute atomic E-state index is 0.0320. The number of thioether (sulfide) groups is 1. The van der Waals surface area contributed by atoms with Crippen LogP contribution < -0.4 is 0 Å². The molecule has 3 aromatic rings. The highest BCUT2D eigenvalue weighted by molar-refractivity contribution is 7.99. The Morgan fingerprint density at radius 2 is 1.63 bits per heavy atom. The average molecular weight is 564 g/mol. The molecule has 0 heterocycles. The van der Waals surface area contributed by atoms with Crippen molar-refractivity contribution >= 4 is 56.2 Å². The summed E-state index contributed by atoms with van der Waals surface area (Å²) < 4.78 is 70.3. The summed E-state index contributed by atoms with van der Waals surface area (Å²) in [6, 6.07) is 15.7. The molecule has 12 heteroatoms. The van der Waals surface area contributed by atoms with Gasteiger partial charge in [-0.2, -0.15) is 21.6 Å². The molecule has 0 fully saturated rings. The fourth-order valence-electron chi connectivity index (χ4n) is 3.21. The molecule has 0 spiro atoms. The molecule has 0 saturated carbocycles. The Labute approximate surface area is 220 Å². The van der Waals surface area contributed by atoms with Crippen molar-refractivity contribution in [3.05, 3.63) is 96.6 Å². The van der Waals surface area contributed by atoms with Crippen LogP contribution in [-0.2, 0) is 23.9 Å². The van der Waals surface area contributed by atoms with Gasteiger partial charge in [-0.25, -0.2) is 4.79 Å². The third-order valence-corrected chi connectivity index (χ3v) is 6.90. The minimum atomic E-state index is -6.10. The molecule has 0 amide bonds. The molecule has 0 aliphatic rings.